The van der Waals surface area contributed by atoms with Gasteiger partial charge in [-0.3, -0.25) is 9.78 Å². The van der Waals surface area contributed by atoms with Crippen LogP contribution in [0.5, 0.6) is 11.5 Å². The van der Waals surface area contributed by atoms with Gasteiger partial charge in [0.15, 0.2) is 17.3 Å². The molecule has 2 aromatic carbocycles. The SMILES string of the molecule is CCOc1ccc(C2CC(=O)C3=C(C2)Nc2ccccc2NC3c2ccccn2)cc1OC. The van der Waals surface area contributed by atoms with Crippen molar-refractivity contribution < 1.29 is 14.3 Å². The lowest BCUT2D eigenvalue weighted by molar-refractivity contribution is -0.116. The number of carbonyl (C=O) groups is 1. The van der Waals surface area contributed by atoms with E-state index in [9.17, 15) is 4.79 Å². The van der Waals surface area contributed by atoms with Crippen molar-refractivity contribution in [2.24, 2.45) is 0 Å². The number of hydrogen-bond acceptors (Lipinski definition) is 6. The molecule has 33 heavy (non-hydrogen) atoms. The molecule has 0 radical (unpaired) electrons. The van der Waals surface area contributed by atoms with Gasteiger partial charge in [0.25, 0.3) is 0 Å². The topological polar surface area (TPSA) is 72.5 Å². The summed E-state index contributed by atoms with van der Waals surface area (Å²) in [6.45, 7) is 2.52. The molecule has 2 unspecified atom stereocenters. The van der Waals surface area contributed by atoms with Crippen LogP contribution >= 0.6 is 0 Å². The number of carbonyl (C=O) groups excluding carboxylic acids is 1. The lowest BCUT2D eigenvalue weighted by atomic mass is 9.79. The molecule has 5 rings (SSSR count). The van der Waals surface area contributed by atoms with E-state index < -0.39 is 0 Å². The van der Waals surface area contributed by atoms with Crippen LogP contribution in [0.4, 0.5) is 11.4 Å². The zero-order valence-electron chi connectivity index (χ0n) is 18.8. The third-order valence-corrected chi connectivity index (χ3v) is 6.25. The van der Waals surface area contributed by atoms with Crippen molar-refractivity contribution in [2.45, 2.75) is 31.7 Å². The molecule has 6 nitrogen and oxygen atoms in total. The number of anilines is 2. The van der Waals surface area contributed by atoms with Crippen LogP contribution in [0, 0.1) is 0 Å². The number of rotatable bonds is 5. The number of pyridine rings is 1. The molecule has 0 fully saturated rings. The van der Waals surface area contributed by atoms with Crippen LogP contribution in [0.3, 0.4) is 0 Å². The van der Waals surface area contributed by atoms with Gasteiger partial charge >= 0.3 is 0 Å². The molecule has 2 atom stereocenters. The highest BCUT2D eigenvalue weighted by Crippen LogP contribution is 2.44. The van der Waals surface area contributed by atoms with Gasteiger partial charge in [-0.2, -0.15) is 0 Å². The van der Waals surface area contributed by atoms with Gasteiger partial charge in [0, 0.05) is 23.9 Å². The fraction of sp³-hybridized carbons (Fsp3) is 0.259. The molecule has 0 spiro atoms. The Morgan fingerprint density at radius 2 is 1.82 bits per heavy atom. The second kappa shape index (κ2) is 8.98. The van der Waals surface area contributed by atoms with Crippen molar-refractivity contribution in [3.8, 4) is 11.5 Å². The van der Waals surface area contributed by atoms with Crippen molar-refractivity contribution in [1.29, 1.82) is 0 Å². The van der Waals surface area contributed by atoms with E-state index in [1.165, 1.54) is 0 Å². The Morgan fingerprint density at radius 3 is 2.58 bits per heavy atom. The first-order valence-electron chi connectivity index (χ1n) is 11.3. The number of methoxy groups -OCH3 is 1. The largest absolute Gasteiger partial charge is 0.493 e. The molecule has 1 aliphatic carbocycles. The minimum absolute atomic E-state index is 0.0444. The number of para-hydroxylation sites is 2. The summed E-state index contributed by atoms with van der Waals surface area (Å²) < 4.78 is 11.2. The van der Waals surface area contributed by atoms with E-state index in [1.807, 2.05) is 67.6 Å². The van der Waals surface area contributed by atoms with Gasteiger partial charge in [-0.25, -0.2) is 0 Å². The number of ketones is 1. The first-order valence-corrected chi connectivity index (χ1v) is 11.3. The van der Waals surface area contributed by atoms with Crippen molar-refractivity contribution in [3.63, 3.8) is 0 Å². The molecule has 2 N–H and O–H groups in total. The van der Waals surface area contributed by atoms with Gasteiger partial charge in [-0.1, -0.05) is 24.3 Å². The Morgan fingerprint density at radius 1 is 1.00 bits per heavy atom. The molecule has 3 aromatic rings. The summed E-state index contributed by atoms with van der Waals surface area (Å²) >= 11 is 0. The van der Waals surface area contributed by atoms with Crippen molar-refractivity contribution in [1.82, 2.24) is 4.98 Å². The van der Waals surface area contributed by atoms with Crippen LogP contribution in [0.1, 0.15) is 43.0 Å². The molecule has 6 heteroatoms. The normalized spacial score (nSPS) is 19.5. The van der Waals surface area contributed by atoms with Crippen LogP contribution in [0.25, 0.3) is 0 Å². The zero-order valence-corrected chi connectivity index (χ0v) is 18.8. The molecule has 0 saturated carbocycles. The number of benzene rings is 2. The van der Waals surface area contributed by atoms with Crippen LogP contribution in [-0.4, -0.2) is 24.5 Å². The summed E-state index contributed by atoms with van der Waals surface area (Å²) in [5.74, 6) is 1.57. The number of aromatic nitrogens is 1. The summed E-state index contributed by atoms with van der Waals surface area (Å²) in [4.78, 5) is 18.2. The average Bonchev–Trinajstić information content (AvgIpc) is 3.02. The van der Waals surface area contributed by atoms with E-state index in [1.54, 1.807) is 13.3 Å². The third kappa shape index (κ3) is 4.04. The number of nitrogens with one attached hydrogen (secondary N) is 2. The maximum absolute atomic E-state index is 13.6. The average molecular weight is 442 g/mol. The highest BCUT2D eigenvalue weighted by molar-refractivity contribution is 6.01. The summed E-state index contributed by atoms with van der Waals surface area (Å²) in [6.07, 6.45) is 2.92. The van der Waals surface area contributed by atoms with Gasteiger partial charge in [0.05, 0.1) is 36.8 Å². The Labute approximate surface area is 193 Å². The number of ether oxygens (including phenoxy) is 2. The van der Waals surface area contributed by atoms with E-state index in [2.05, 4.69) is 15.6 Å². The molecular weight excluding hydrogens is 414 g/mol. The second-order valence-electron chi connectivity index (χ2n) is 8.27. The predicted octanol–water partition coefficient (Wildman–Crippen LogP) is 5.47. The third-order valence-electron chi connectivity index (χ3n) is 6.25. The lowest BCUT2D eigenvalue weighted by Gasteiger charge is -2.29. The van der Waals surface area contributed by atoms with Crippen LogP contribution < -0.4 is 20.1 Å². The van der Waals surface area contributed by atoms with Crippen LogP contribution in [-0.2, 0) is 4.79 Å². The minimum Gasteiger partial charge on any atom is -0.493 e. The maximum atomic E-state index is 13.6. The quantitative estimate of drug-likeness (QED) is 0.547. The molecule has 1 aliphatic heterocycles. The first kappa shape index (κ1) is 21.1. The summed E-state index contributed by atoms with van der Waals surface area (Å²) in [6, 6.07) is 19.5. The maximum Gasteiger partial charge on any atom is 0.163 e. The second-order valence-corrected chi connectivity index (χ2v) is 8.27. The Hall–Kier alpha value is -3.80. The van der Waals surface area contributed by atoms with E-state index in [4.69, 9.17) is 9.47 Å². The molecule has 0 bridgehead atoms. The zero-order chi connectivity index (χ0) is 22.8. The van der Waals surface area contributed by atoms with Gasteiger partial charge in [-0.15, -0.1) is 0 Å². The van der Waals surface area contributed by atoms with Crippen LogP contribution in [0.2, 0.25) is 0 Å². The number of allylic oxidation sites excluding steroid dienone is 1. The summed E-state index contributed by atoms with van der Waals surface area (Å²) in [5.41, 5.74) is 5.52. The number of hydrogen-bond donors (Lipinski definition) is 2. The van der Waals surface area contributed by atoms with Crippen LogP contribution in [0.15, 0.2) is 78.1 Å². The lowest BCUT2D eigenvalue weighted by Crippen LogP contribution is -2.27. The van der Waals surface area contributed by atoms with Gasteiger partial charge in [-0.05, 0) is 61.2 Å². The van der Waals surface area contributed by atoms with Gasteiger partial charge in [0.2, 0.25) is 0 Å². The molecule has 168 valence electrons. The number of fused-ring (bicyclic) bond motifs is 1. The van der Waals surface area contributed by atoms with E-state index >= 15 is 0 Å². The first-order chi connectivity index (χ1) is 16.2. The molecular formula is C27H27N3O3. The Bertz CT molecular complexity index is 1210. The summed E-state index contributed by atoms with van der Waals surface area (Å²) in [5, 5.41) is 7.12. The minimum atomic E-state index is -0.305. The van der Waals surface area contributed by atoms with Crippen molar-refractivity contribution in [2.75, 3.05) is 24.4 Å². The van der Waals surface area contributed by atoms with Gasteiger partial charge in [0.1, 0.15) is 0 Å². The molecule has 2 heterocycles. The van der Waals surface area contributed by atoms with E-state index in [0.29, 0.717) is 24.5 Å². The smallest absolute Gasteiger partial charge is 0.163 e. The highest BCUT2D eigenvalue weighted by atomic mass is 16.5. The van der Waals surface area contributed by atoms with E-state index in [-0.39, 0.29) is 17.7 Å². The van der Waals surface area contributed by atoms with E-state index in [0.717, 1.165) is 40.3 Å². The number of nitrogens with zero attached hydrogens (tertiary/aromatic N) is 1. The fourth-order valence-electron chi connectivity index (χ4n) is 4.71. The standard InChI is InChI=1S/C27H27N3O3/c1-3-33-24-12-11-17(16-25(24)32-2)18-14-22-26(23(31)15-18)27(21-10-6-7-13-28-21)30-20-9-5-4-8-19(20)29-22/h4-13,16,18,27,29-30H,3,14-15H2,1-2H3. The molecule has 1 aromatic heterocycles. The molecule has 0 amide bonds. The summed E-state index contributed by atoms with van der Waals surface area (Å²) in [7, 11) is 1.64. The predicted molar refractivity (Wildman–Crippen MR) is 129 cm³/mol. The van der Waals surface area contributed by atoms with Crippen molar-refractivity contribution >= 4 is 17.2 Å². The monoisotopic (exact) mass is 441 g/mol. The highest BCUT2D eigenvalue weighted by Gasteiger charge is 2.36. The Balaban J connectivity index is 1.55. The molecule has 2 aliphatic rings. The number of Topliss-reactive ketones (excluding diaryl/α,β-unsaturated/α-hetero) is 1. The van der Waals surface area contributed by atoms with Gasteiger partial charge < -0.3 is 20.1 Å². The Kier molecular flexibility index (Phi) is 5.73. The molecule has 0 saturated heterocycles. The fourth-order valence-corrected chi connectivity index (χ4v) is 4.71. The van der Waals surface area contributed by atoms with Crippen molar-refractivity contribution in [3.05, 3.63) is 89.4 Å².